The topological polar surface area (TPSA) is 311 Å². The first kappa shape index (κ1) is 43.7. The lowest BCUT2D eigenvalue weighted by atomic mass is 9.99. The predicted molar refractivity (Wildman–Crippen MR) is 179 cm³/mol. The number of unbranched alkanes of at least 4 members (excludes halogenated alkanes) is 2. The van der Waals surface area contributed by atoms with E-state index in [2.05, 4.69) is 10.6 Å². The predicted octanol–water partition coefficient (Wildman–Crippen LogP) is -2.61. The van der Waals surface area contributed by atoms with Crippen molar-refractivity contribution in [3.63, 3.8) is 0 Å². The second-order valence-electron chi connectivity index (χ2n) is 12.0. The molecule has 21 nitrogen and oxygen atoms in total. The number of carboxylic acids is 1. The number of ether oxygens (including phenoxy) is 5. The van der Waals surface area contributed by atoms with Crippen LogP contribution in [0.15, 0.2) is 30.4 Å². The third kappa shape index (κ3) is 13.9. The molecule has 1 unspecified atom stereocenters. The van der Waals surface area contributed by atoms with Crippen LogP contribution in [0.3, 0.4) is 0 Å². The number of nitrogens with one attached hydrogen (secondary N) is 2. The molecule has 1 fully saturated rings. The van der Waals surface area contributed by atoms with E-state index in [0.29, 0.717) is 24.8 Å². The molecule has 300 valence electrons. The maximum Gasteiger partial charge on any atom is 0.335 e. The van der Waals surface area contributed by atoms with E-state index < -0.39 is 88.2 Å². The van der Waals surface area contributed by atoms with Gasteiger partial charge in [0.25, 0.3) is 21.9 Å². The van der Waals surface area contributed by atoms with Crippen molar-refractivity contribution in [2.24, 2.45) is 0 Å². The zero-order valence-corrected chi connectivity index (χ0v) is 29.8. The molecule has 1 aromatic rings. The van der Waals surface area contributed by atoms with Crippen molar-refractivity contribution < 1.29 is 85.8 Å². The van der Waals surface area contributed by atoms with Gasteiger partial charge in [0.1, 0.15) is 54.8 Å². The highest BCUT2D eigenvalue weighted by molar-refractivity contribution is 7.85. The number of benzene rings is 1. The van der Waals surface area contributed by atoms with Gasteiger partial charge in [-0.2, -0.15) is 8.42 Å². The summed E-state index contributed by atoms with van der Waals surface area (Å²) < 4.78 is 59.1. The van der Waals surface area contributed by atoms with Crippen molar-refractivity contribution >= 4 is 45.7 Å². The summed E-state index contributed by atoms with van der Waals surface area (Å²) in [4.78, 5) is 72.1. The molecule has 0 saturated carbocycles. The fourth-order valence-electron chi connectivity index (χ4n) is 5.05. The monoisotopic (exact) mass is 789 g/mol. The Hall–Kier alpha value is -4.71. The number of carboxylic acid groups (broad SMARTS) is 1. The van der Waals surface area contributed by atoms with E-state index in [1.807, 2.05) is 0 Å². The van der Waals surface area contributed by atoms with Gasteiger partial charge in [-0.05, 0) is 25.0 Å². The minimum Gasteiger partial charge on any atom is -0.491 e. The fourth-order valence-corrected chi connectivity index (χ4v) is 5.71. The van der Waals surface area contributed by atoms with Gasteiger partial charge in [0.15, 0.2) is 6.10 Å². The molecule has 0 spiro atoms. The van der Waals surface area contributed by atoms with Crippen LogP contribution in [0.1, 0.15) is 38.2 Å². The van der Waals surface area contributed by atoms with Crippen LogP contribution in [-0.2, 0) is 59.7 Å². The summed E-state index contributed by atoms with van der Waals surface area (Å²) in [5.41, 5.74) is 0.369. The smallest absolute Gasteiger partial charge is 0.335 e. The van der Waals surface area contributed by atoms with Crippen LogP contribution in [0.25, 0.3) is 0 Å². The molecule has 0 radical (unpaired) electrons. The molecule has 22 heteroatoms. The van der Waals surface area contributed by atoms with Crippen LogP contribution in [0.5, 0.6) is 11.5 Å². The van der Waals surface area contributed by atoms with E-state index in [4.69, 9.17) is 23.7 Å². The van der Waals surface area contributed by atoms with Gasteiger partial charge >= 0.3 is 11.9 Å². The average molecular weight is 790 g/mol. The van der Waals surface area contributed by atoms with Gasteiger partial charge in [-0.1, -0.05) is 6.42 Å². The Kier molecular flexibility index (Phi) is 16.7. The van der Waals surface area contributed by atoms with E-state index in [1.54, 1.807) is 0 Å². The molecule has 2 heterocycles. The molecule has 0 aliphatic carbocycles. The van der Waals surface area contributed by atoms with E-state index in [1.165, 1.54) is 25.1 Å². The number of rotatable bonds is 22. The zero-order chi connectivity index (χ0) is 40.0. The number of hydrogen-bond acceptors (Lipinski definition) is 16. The quantitative estimate of drug-likeness (QED) is 0.0274. The Labute approximate surface area is 308 Å². The van der Waals surface area contributed by atoms with Crippen molar-refractivity contribution in [2.75, 3.05) is 38.7 Å². The standard InChI is InChI=1S/C32H43N3O18S/c1-18(36)51-16-19-6-7-20(52-32-28(42)26(40)27(41)29(53-32)31(44)45)15-22(19)50-14-13-49-12-10-33-30(43)21(17-54(46,47)48)34-23(37)5-3-2-4-11-35-24(38)8-9-25(35)39/h6-9,15,21,26-29,32,40-42H,2-5,10-14,16-17H2,1H3,(H,33,43)(H,34,37)(H,44,45)(H,46,47,48)/t21-,26-,27?,28+,29-,32+/m0/s1. The number of esters is 1. The Balaban J connectivity index is 1.45. The van der Waals surface area contributed by atoms with Crippen LogP contribution >= 0.6 is 0 Å². The Morgan fingerprint density at radius 1 is 0.963 bits per heavy atom. The SMILES string of the molecule is CC(=O)OCc1ccc(O[C@@H]2O[C@H](C(=O)O)C(O)[C@H](O)[C@H]2O)cc1OCCOCCNC(=O)[C@H](CS(=O)(=O)O)NC(=O)CCCCCN1C(=O)C=CC1=O. The van der Waals surface area contributed by atoms with Crippen molar-refractivity contribution in [1.29, 1.82) is 0 Å². The Morgan fingerprint density at radius 3 is 2.31 bits per heavy atom. The summed E-state index contributed by atoms with van der Waals surface area (Å²) in [6.07, 6.45) is -5.80. The van der Waals surface area contributed by atoms with E-state index in [9.17, 15) is 62.2 Å². The van der Waals surface area contributed by atoms with Crippen LogP contribution in [0.2, 0.25) is 0 Å². The lowest BCUT2D eigenvalue weighted by Gasteiger charge is -2.38. The van der Waals surface area contributed by atoms with Crippen LogP contribution in [-0.4, -0.2) is 149 Å². The van der Waals surface area contributed by atoms with Crippen LogP contribution in [0.4, 0.5) is 0 Å². The summed E-state index contributed by atoms with van der Waals surface area (Å²) in [6, 6.07) is 2.51. The second-order valence-corrected chi connectivity index (χ2v) is 13.5. The number of aliphatic hydroxyl groups excluding tert-OH is 3. The van der Waals surface area contributed by atoms with Gasteiger partial charge in [-0.15, -0.1) is 0 Å². The van der Waals surface area contributed by atoms with E-state index in [0.717, 1.165) is 17.1 Å². The van der Waals surface area contributed by atoms with Crippen LogP contribution < -0.4 is 20.1 Å². The minimum absolute atomic E-state index is 0.0193. The highest BCUT2D eigenvalue weighted by Gasteiger charge is 2.48. The highest BCUT2D eigenvalue weighted by atomic mass is 32.2. The first-order valence-electron chi connectivity index (χ1n) is 16.6. The largest absolute Gasteiger partial charge is 0.491 e. The molecule has 0 aromatic heterocycles. The molecular formula is C32H43N3O18S. The van der Waals surface area contributed by atoms with Gasteiger partial charge in [0.2, 0.25) is 18.1 Å². The molecule has 2 aliphatic heterocycles. The number of carbonyl (C=O) groups excluding carboxylic acids is 5. The molecule has 1 aromatic carbocycles. The van der Waals surface area contributed by atoms with Crippen molar-refractivity contribution in [1.82, 2.24) is 15.5 Å². The van der Waals surface area contributed by atoms with Gasteiger partial charge in [-0.25, -0.2) is 4.79 Å². The molecule has 54 heavy (non-hydrogen) atoms. The van der Waals surface area contributed by atoms with E-state index >= 15 is 0 Å². The summed E-state index contributed by atoms with van der Waals surface area (Å²) in [5, 5.41) is 44.2. The number of aliphatic hydroxyl groups is 3. The fraction of sp³-hybridized carbons (Fsp3) is 0.562. The number of imide groups is 1. The summed E-state index contributed by atoms with van der Waals surface area (Å²) in [7, 11) is -4.67. The van der Waals surface area contributed by atoms with Gasteiger partial charge < -0.3 is 54.7 Å². The van der Waals surface area contributed by atoms with Crippen molar-refractivity contribution in [3.8, 4) is 11.5 Å². The van der Waals surface area contributed by atoms with Crippen molar-refractivity contribution in [3.05, 3.63) is 35.9 Å². The molecule has 1 saturated heterocycles. The van der Waals surface area contributed by atoms with Crippen molar-refractivity contribution in [2.45, 2.75) is 76.0 Å². The lowest BCUT2D eigenvalue weighted by molar-refractivity contribution is -0.271. The third-order valence-corrected chi connectivity index (χ3v) is 8.54. The maximum absolute atomic E-state index is 12.7. The molecule has 6 atom stereocenters. The first-order chi connectivity index (χ1) is 25.5. The third-order valence-electron chi connectivity index (χ3n) is 7.78. The summed E-state index contributed by atoms with van der Waals surface area (Å²) in [5.74, 6) is -5.58. The molecular weight excluding hydrogens is 746 g/mol. The Morgan fingerprint density at radius 2 is 1.67 bits per heavy atom. The lowest BCUT2D eigenvalue weighted by Crippen LogP contribution is -2.61. The van der Waals surface area contributed by atoms with Crippen LogP contribution in [0, 0.1) is 0 Å². The average Bonchev–Trinajstić information content (AvgIpc) is 3.42. The molecule has 7 N–H and O–H groups in total. The minimum atomic E-state index is -4.67. The number of nitrogens with zero attached hydrogens (tertiary/aromatic N) is 1. The first-order valence-corrected chi connectivity index (χ1v) is 18.2. The zero-order valence-electron chi connectivity index (χ0n) is 29.0. The molecule has 3 rings (SSSR count). The highest BCUT2D eigenvalue weighted by Crippen LogP contribution is 2.29. The van der Waals surface area contributed by atoms with E-state index in [-0.39, 0.29) is 57.4 Å². The Bertz CT molecular complexity index is 1630. The number of aliphatic carboxylic acids is 1. The normalized spacial score (nSPS) is 21.7. The van der Waals surface area contributed by atoms with Gasteiger partial charge in [0, 0.05) is 50.2 Å². The van der Waals surface area contributed by atoms with Gasteiger partial charge in [-0.3, -0.25) is 33.4 Å². The molecule has 4 amide bonds. The molecule has 2 aliphatic rings. The maximum atomic E-state index is 12.7. The number of hydrogen-bond donors (Lipinski definition) is 7. The second kappa shape index (κ2) is 20.7. The number of amides is 4. The van der Waals surface area contributed by atoms with Gasteiger partial charge in [0.05, 0.1) is 13.2 Å². The summed E-state index contributed by atoms with van der Waals surface area (Å²) in [6.45, 7) is 0.742. The number of carbonyl (C=O) groups is 6. The molecule has 0 bridgehead atoms. The summed E-state index contributed by atoms with van der Waals surface area (Å²) >= 11 is 0.